The van der Waals surface area contributed by atoms with Crippen molar-refractivity contribution in [3.8, 4) is 5.88 Å². The monoisotopic (exact) mass is 371 g/mol. The smallest absolute Gasteiger partial charge is 0.269 e. The standard InChI is InChI=1S/C18H21N5O4/c1-27-18-7-2-14(12-19-18)20-17(24)13-21-8-10-22(11-9-21)15-3-5-16(6-4-15)23(25)26/h2-7,12H,8-11,13H2,1H3,(H,20,24). The number of aromatic nitrogens is 1. The van der Waals surface area contributed by atoms with E-state index in [9.17, 15) is 14.9 Å². The van der Waals surface area contributed by atoms with Gasteiger partial charge < -0.3 is 15.0 Å². The lowest BCUT2D eigenvalue weighted by atomic mass is 10.2. The van der Waals surface area contributed by atoms with Crippen LogP contribution in [-0.4, -0.2) is 60.5 Å². The maximum absolute atomic E-state index is 12.2. The molecule has 1 aromatic carbocycles. The summed E-state index contributed by atoms with van der Waals surface area (Å²) in [5, 5.41) is 13.6. The van der Waals surface area contributed by atoms with Gasteiger partial charge in [0.2, 0.25) is 11.8 Å². The van der Waals surface area contributed by atoms with Crippen molar-refractivity contribution in [2.45, 2.75) is 0 Å². The lowest BCUT2D eigenvalue weighted by Gasteiger charge is -2.35. The summed E-state index contributed by atoms with van der Waals surface area (Å²) in [4.78, 5) is 30.8. The Hall–Kier alpha value is -3.20. The van der Waals surface area contributed by atoms with Crippen molar-refractivity contribution in [1.82, 2.24) is 9.88 Å². The number of piperazine rings is 1. The van der Waals surface area contributed by atoms with Crippen molar-refractivity contribution in [3.05, 3.63) is 52.7 Å². The van der Waals surface area contributed by atoms with Crippen molar-refractivity contribution >= 4 is 23.0 Å². The molecule has 1 saturated heterocycles. The van der Waals surface area contributed by atoms with Gasteiger partial charge in [-0.25, -0.2) is 4.98 Å². The SMILES string of the molecule is COc1ccc(NC(=O)CN2CCN(c3ccc([N+](=O)[O-])cc3)CC2)cn1. The van der Waals surface area contributed by atoms with E-state index in [2.05, 4.69) is 20.1 Å². The molecule has 1 N–H and O–H groups in total. The number of nitrogens with zero attached hydrogens (tertiary/aromatic N) is 4. The zero-order chi connectivity index (χ0) is 19.2. The van der Waals surface area contributed by atoms with Crippen molar-refractivity contribution in [3.63, 3.8) is 0 Å². The number of non-ortho nitro benzene ring substituents is 1. The summed E-state index contributed by atoms with van der Waals surface area (Å²) in [5.74, 6) is 0.404. The van der Waals surface area contributed by atoms with Gasteiger partial charge in [0.1, 0.15) is 0 Å². The van der Waals surface area contributed by atoms with Crippen LogP contribution in [0.3, 0.4) is 0 Å². The summed E-state index contributed by atoms with van der Waals surface area (Å²) in [6, 6.07) is 9.99. The molecule has 0 unspecified atom stereocenters. The summed E-state index contributed by atoms with van der Waals surface area (Å²) in [6.45, 7) is 3.31. The van der Waals surface area contributed by atoms with E-state index in [-0.39, 0.29) is 11.6 Å². The Morgan fingerprint density at radius 2 is 1.89 bits per heavy atom. The van der Waals surface area contributed by atoms with Crippen LogP contribution in [0, 0.1) is 10.1 Å². The number of pyridine rings is 1. The second kappa shape index (κ2) is 8.45. The molecule has 0 atom stereocenters. The van der Waals surface area contributed by atoms with E-state index in [1.807, 2.05) is 0 Å². The Morgan fingerprint density at radius 3 is 2.44 bits per heavy atom. The number of benzene rings is 1. The molecule has 1 aliphatic heterocycles. The van der Waals surface area contributed by atoms with E-state index in [0.717, 1.165) is 31.9 Å². The van der Waals surface area contributed by atoms with Gasteiger partial charge in [-0.1, -0.05) is 0 Å². The number of ether oxygens (including phenoxy) is 1. The second-order valence-electron chi connectivity index (χ2n) is 6.17. The normalized spacial score (nSPS) is 14.6. The maximum atomic E-state index is 12.2. The van der Waals surface area contributed by atoms with E-state index in [1.165, 1.54) is 19.2 Å². The van der Waals surface area contributed by atoms with Crippen molar-refractivity contribution in [2.75, 3.05) is 50.1 Å². The second-order valence-corrected chi connectivity index (χ2v) is 6.17. The van der Waals surface area contributed by atoms with Crippen LogP contribution < -0.4 is 15.0 Å². The predicted octanol–water partition coefficient (Wildman–Crippen LogP) is 1.76. The molecule has 0 saturated carbocycles. The summed E-state index contributed by atoms with van der Waals surface area (Å²) >= 11 is 0. The van der Waals surface area contributed by atoms with Crippen LogP contribution in [0.15, 0.2) is 42.6 Å². The number of hydrogen-bond donors (Lipinski definition) is 1. The molecule has 0 bridgehead atoms. The fourth-order valence-electron chi connectivity index (χ4n) is 2.93. The topological polar surface area (TPSA) is 101 Å². The number of methoxy groups -OCH3 is 1. The van der Waals surface area contributed by atoms with Crippen LogP contribution in [0.2, 0.25) is 0 Å². The molecule has 1 aliphatic rings. The fourth-order valence-corrected chi connectivity index (χ4v) is 2.93. The lowest BCUT2D eigenvalue weighted by Crippen LogP contribution is -2.48. The average Bonchev–Trinajstić information content (AvgIpc) is 2.69. The van der Waals surface area contributed by atoms with Gasteiger partial charge in [0.25, 0.3) is 5.69 Å². The van der Waals surface area contributed by atoms with Gasteiger partial charge in [-0.05, 0) is 18.2 Å². The third-order valence-electron chi connectivity index (χ3n) is 4.39. The molecule has 27 heavy (non-hydrogen) atoms. The molecule has 9 nitrogen and oxygen atoms in total. The van der Waals surface area contributed by atoms with E-state index < -0.39 is 4.92 Å². The Bertz CT molecular complexity index is 786. The van der Waals surface area contributed by atoms with Gasteiger partial charge in [-0.15, -0.1) is 0 Å². The summed E-state index contributed by atoms with van der Waals surface area (Å²) in [5.41, 5.74) is 1.67. The van der Waals surface area contributed by atoms with E-state index >= 15 is 0 Å². The minimum absolute atomic E-state index is 0.0853. The number of nitrogens with one attached hydrogen (secondary N) is 1. The number of carbonyl (C=O) groups excluding carboxylic acids is 1. The first-order valence-electron chi connectivity index (χ1n) is 8.57. The zero-order valence-corrected chi connectivity index (χ0v) is 15.0. The lowest BCUT2D eigenvalue weighted by molar-refractivity contribution is -0.384. The maximum Gasteiger partial charge on any atom is 0.269 e. The van der Waals surface area contributed by atoms with E-state index in [0.29, 0.717) is 18.1 Å². The van der Waals surface area contributed by atoms with Crippen molar-refractivity contribution in [2.24, 2.45) is 0 Å². The number of rotatable bonds is 6. The zero-order valence-electron chi connectivity index (χ0n) is 15.0. The molecule has 2 heterocycles. The quantitative estimate of drug-likeness (QED) is 0.610. The van der Waals surface area contributed by atoms with Crippen LogP contribution >= 0.6 is 0 Å². The molecule has 1 fully saturated rings. The highest BCUT2D eigenvalue weighted by atomic mass is 16.6. The van der Waals surface area contributed by atoms with Gasteiger partial charge in [0.05, 0.1) is 30.5 Å². The van der Waals surface area contributed by atoms with Crippen LogP contribution in [0.4, 0.5) is 17.1 Å². The number of amides is 1. The summed E-state index contributed by atoms with van der Waals surface area (Å²) in [6.07, 6.45) is 1.56. The number of nitro groups is 1. The average molecular weight is 371 g/mol. The molecule has 142 valence electrons. The van der Waals surface area contributed by atoms with E-state index in [4.69, 9.17) is 4.74 Å². The molecule has 0 spiro atoms. The molecule has 2 aromatic rings. The first kappa shape index (κ1) is 18.6. The van der Waals surface area contributed by atoms with Crippen molar-refractivity contribution < 1.29 is 14.5 Å². The van der Waals surface area contributed by atoms with Gasteiger partial charge >= 0.3 is 0 Å². The summed E-state index contributed by atoms with van der Waals surface area (Å²) in [7, 11) is 1.54. The Morgan fingerprint density at radius 1 is 1.19 bits per heavy atom. The number of hydrogen-bond acceptors (Lipinski definition) is 7. The Balaban J connectivity index is 1.47. The first-order valence-corrected chi connectivity index (χ1v) is 8.57. The van der Waals surface area contributed by atoms with Gasteiger partial charge in [0, 0.05) is 50.1 Å². The third kappa shape index (κ3) is 4.91. The Labute approximate surface area is 156 Å². The summed E-state index contributed by atoms with van der Waals surface area (Å²) < 4.78 is 4.99. The molecule has 1 amide bonds. The largest absolute Gasteiger partial charge is 0.481 e. The highest BCUT2D eigenvalue weighted by Gasteiger charge is 2.20. The minimum atomic E-state index is -0.404. The van der Waals surface area contributed by atoms with Crippen LogP contribution in [0.25, 0.3) is 0 Å². The van der Waals surface area contributed by atoms with Gasteiger partial charge in [-0.3, -0.25) is 19.8 Å². The molecule has 0 radical (unpaired) electrons. The molecular weight excluding hydrogens is 350 g/mol. The third-order valence-corrected chi connectivity index (χ3v) is 4.39. The van der Waals surface area contributed by atoms with Crippen LogP contribution in [0.5, 0.6) is 5.88 Å². The first-order chi connectivity index (χ1) is 13.0. The highest BCUT2D eigenvalue weighted by molar-refractivity contribution is 5.92. The Kier molecular flexibility index (Phi) is 5.82. The predicted molar refractivity (Wildman–Crippen MR) is 101 cm³/mol. The van der Waals surface area contributed by atoms with Crippen molar-refractivity contribution in [1.29, 1.82) is 0 Å². The van der Waals surface area contributed by atoms with Crippen LogP contribution in [-0.2, 0) is 4.79 Å². The highest BCUT2D eigenvalue weighted by Crippen LogP contribution is 2.20. The van der Waals surface area contributed by atoms with E-state index in [1.54, 1.807) is 30.5 Å². The van der Waals surface area contributed by atoms with Crippen LogP contribution in [0.1, 0.15) is 0 Å². The molecule has 9 heteroatoms. The van der Waals surface area contributed by atoms with Gasteiger partial charge in [0.15, 0.2) is 0 Å². The molecule has 1 aromatic heterocycles. The molecule has 0 aliphatic carbocycles. The fraction of sp³-hybridized carbons (Fsp3) is 0.333. The minimum Gasteiger partial charge on any atom is -0.481 e. The number of anilines is 2. The number of carbonyl (C=O) groups is 1. The van der Waals surface area contributed by atoms with Gasteiger partial charge in [-0.2, -0.15) is 0 Å². The number of nitro benzene ring substituents is 1. The molecule has 3 rings (SSSR count). The molecular formula is C18H21N5O4.